The van der Waals surface area contributed by atoms with Gasteiger partial charge in [-0.25, -0.2) is 4.79 Å². The van der Waals surface area contributed by atoms with Gasteiger partial charge in [-0.1, -0.05) is 30.3 Å². The summed E-state index contributed by atoms with van der Waals surface area (Å²) in [4.78, 5) is 28.0. The molecule has 1 saturated heterocycles. The molecule has 7 heteroatoms. The summed E-state index contributed by atoms with van der Waals surface area (Å²) in [6, 6.07) is 9.55. The Balaban J connectivity index is 1.40. The number of piperazine rings is 1. The molecule has 2 heterocycles. The maximum Gasteiger partial charge on any atom is 0.410 e. The zero-order valence-electron chi connectivity index (χ0n) is 14.6. The van der Waals surface area contributed by atoms with Crippen molar-refractivity contribution in [1.29, 1.82) is 0 Å². The lowest BCUT2D eigenvalue weighted by Gasteiger charge is -2.34. The van der Waals surface area contributed by atoms with Gasteiger partial charge in [0.05, 0.1) is 6.42 Å². The molecule has 136 valence electrons. The summed E-state index contributed by atoms with van der Waals surface area (Å²) < 4.78 is 5.33. The fourth-order valence-electron chi connectivity index (χ4n) is 2.91. The van der Waals surface area contributed by atoms with E-state index in [1.165, 1.54) is 0 Å². The van der Waals surface area contributed by atoms with Crippen LogP contribution in [0.4, 0.5) is 4.79 Å². The van der Waals surface area contributed by atoms with Crippen molar-refractivity contribution >= 4 is 12.0 Å². The Morgan fingerprint density at radius 2 is 1.77 bits per heavy atom. The molecule has 0 saturated carbocycles. The highest BCUT2D eigenvalue weighted by molar-refractivity contribution is 5.78. The molecule has 0 spiro atoms. The van der Waals surface area contributed by atoms with Crippen LogP contribution in [0.25, 0.3) is 0 Å². The summed E-state index contributed by atoms with van der Waals surface area (Å²) in [6.45, 7) is 2.16. The normalized spacial score (nSPS) is 17.5. The minimum atomic E-state index is -0.602. The lowest BCUT2D eigenvalue weighted by molar-refractivity contribution is -0.133. The maximum atomic E-state index is 12.4. The van der Waals surface area contributed by atoms with Crippen LogP contribution in [-0.2, 0) is 16.1 Å². The summed E-state index contributed by atoms with van der Waals surface area (Å²) in [5, 5.41) is 8.00. The molecule has 1 fully saturated rings. The summed E-state index contributed by atoms with van der Waals surface area (Å²) >= 11 is 0. The molecule has 2 aliphatic rings. The van der Waals surface area contributed by atoms with E-state index in [-0.39, 0.29) is 25.0 Å². The fourth-order valence-corrected chi connectivity index (χ4v) is 2.91. The minimum Gasteiger partial charge on any atom is -0.445 e. The van der Waals surface area contributed by atoms with Crippen molar-refractivity contribution in [3.8, 4) is 12.3 Å². The Labute approximate surface area is 153 Å². The molecule has 0 bridgehead atoms. The number of carbonyl (C=O) groups is 2. The largest absolute Gasteiger partial charge is 0.445 e. The number of terminal acetylenes is 1. The van der Waals surface area contributed by atoms with Gasteiger partial charge in [0.1, 0.15) is 6.61 Å². The Morgan fingerprint density at radius 1 is 1.12 bits per heavy atom. The topological polar surface area (TPSA) is 74.6 Å². The van der Waals surface area contributed by atoms with Crippen molar-refractivity contribution in [2.24, 2.45) is 10.2 Å². The number of hydrogen-bond acceptors (Lipinski definition) is 5. The van der Waals surface area contributed by atoms with Gasteiger partial charge in [0.25, 0.3) is 0 Å². The van der Waals surface area contributed by atoms with Gasteiger partial charge in [0.15, 0.2) is 0 Å². The number of rotatable bonds is 6. The molecule has 0 atom stereocenters. The van der Waals surface area contributed by atoms with Crippen molar-refractivity contribution in [3.63, 3.8) is 0 Å². The van der Waals surface area contributed by atoms with Gasteiger partial charge < -0.3 is 14.5 Å². The molecule has 0 unspecified atom stereocenters. The van der Waals surface area contributed by atoms with Crippen LogP contribution in [0.15, 0.2) is 40.6 Å². The van der Waals surface area contributed by atoms with E-state index in [1.54, 1.807) is 9.80 Å². The molecule has 3 rings (SSSR count). The molecule has 0 radical (unpaired) electrons. The SMILES string of the molecule is C#CCCC1(CC(=O)N2CCN(C(=O)OCc3ccccc3)CC2)N=N1. The number of hydrogen-bond donors (Lipinski definition) is 0. The van der Waals surface area contributed by atoms with Gasteiger partial charge in [0, 0.05) is 39.0 Å². The van der Waals surface area contributed by atoms with E-state index in [2.05, 4.69) is 16.1 Å². The van der Waals surface area contributed by atoms with Crippen molar-refractivity contribution in [2.45, 2.75) is 31.5 Å². The molecule has 2 aliphatic heterocycles. The second-order valence-corrected chi connectivity index (χ2v) is 6.47. The average molecular weight is 354 g/mol. The lowest BCUT2D eigenvalue weighted by Crippen LogP contribution is -2.51. The Bertz CT molecular complexity index is 712. The van der Waals surface area contributed by atoms with E-state index in [0.717, 1.165) is 5.56 Å². The number of amides is 2. The number of benzene rings is 1. The highest BCUT2D eigenvalue weighted by atomic mass is 16.6. The zero-order valence-corrected chi connectivity index (χ0v) is 14.6. The third-order valence-corrected chi connectivity index (χ3v) is 4.58. The van der Waals surface area contributed by atoms with E-state index in [0.29, 0.717) is 39.0 Å². The third-order valence-electron chi connectivity index (χ3n) is 4.58. The zero-order chi connectivity index (χ0) is 18.4. The highest BCUT2D eigenvalue weighted by Gasteiger charge is 2.43. The second kappa shape index (κ2) is 8.00. The third kappa shape index (κ3) is 4.60. The first-order chi connectivity index (χ1) is 12.6. The van der Waals surface area contributed by atoms with Crippen LogP contribution in [0.5, 0.6) is 0 Å². The van der Waals surface area contributed by atoms with Gasteiger partial charge in [-0.3, -0.25) is 4.79 Å². The lowest BCUT2D eigenvalue weighted by atomic mass is 10.0. The predicted octanol–water partition coefficient (Wildman–Crippen LogP) is 2.43. The van der Waals surface area contributed by atoms with Crippen LogP contribution >= 0.6 is 0 Å². The summed E-state index contributed by atoms with van der Waals surface area (Å²) in [7, 11) is 0. The van der Waals surface area contributed by atoms with Gasteiger partial charge in [-0.2, -0.15) is 10.2 Å². The maximum absolute atomic E-state index is 12.4. The molecular weight excluding hydrogens is 332 g/mol. The van der Waals surface area contributed by atoms with Crippen LogP contribution in [0, 0.1) is 12.3 Å². The second-order valence-electron chi connectivity index (χ2n) is 6.47. The van der Waals surface area contributed by atoms with E-state index < -0.39 is 5.66 Å². The Hall–Kier alpha value is -2.88. The highest BCUT2D eigenvalue weighted by Crippen LogP contribution is 2.37. The number of carbonyl (C=O) groups excluding carboxylic acids is 2. The summed E-state index contributed by atoms with van der Waals surface area (Å²) in [6.07, 6.45) is 6.34. The molecule has 0 N–H and O–H groups in total. The molecular formula is C19H22N4O3. The monoisotopic (exact) mass is 354 g/mol. The molecule has 2 amide bonds. The molecule has 1 aromatic rings. The van der Waals surface area contributed by atoms with E-state index >= 15 is 0 Å². The molecule has 26 heavy (non-hydrogen) atoms. The summed E-state index contributed by atoms with van der Waals surface area (Å²) in [5.74, 6) is 2.56. The standard InChI is InChI=1S/C19H22N4O3/c1-2-3-9-19(20-21-19)14-17(24)22-10-12-23(13-11-22)18(25)26-15-16-7-5-4-6-8-16/h1,4-8H,3,9-15H2. The van der Waals surface area contributed by atoms with E-state index in [9.17, 15) is 9.59 Å². The number of nitrogens with zero attached hydrogens (tertiary/aromatic N) is 4. The van der Waals surface area contributed by atoms with Crippen molar-refractivity contribution in [1.82, 2.24) is 9.80 Å². The summed E-state index contributed by atoms with van der Waals surface area (Å²) in [5.41, 5.74) is 0.346. The first-order valence-electron chi connectivity index (χ1n) is 8.73. The fraction of sp³-hybridized carbons (Fsp3) is 0.474. The Morgan fingerprint density at radius 3 is 2.38 bits per heavy atom. The van der Waals surface area contributed by atoms with E-state index in [4.69, 9.17) is 11.2 Å². The van der Waals surface area contributed by atoms with Crippen LogP contribution < -0.4 is 0 Å². The Kier molecular flexibility index (Phi) is 5.52. The van der Waals surface area contributed by atoms with Gasteiger partial charge >= 0.3 is 6.09 Å². The first-order valence-corrected chi connectivity index (χ1v) is 8.73. The van der Waals surface area contributed by atoms with Gasteiger partial charge in [-0.05, 0) is 5.56 Å². The first kappa shape index (κ1) is 17.9. The molecule has 1 aromatic carbocycles. The van der Waals surface area contributed by atoms with Crippen molar-refractivity contribution < 1.29 is 14.3 Å². The van der Waals surface area contributed by atoms with Gasteiger partial charge in [-0.15, -0.1) is 12.3 Å². The predicted molar refractivity (Wildman–Crippen MR) is 95.1 cm³/mol. The molecule has 0 aliphatic carbocycles. The van der Waals surface area contributed by atoms with Gasteiger partial charge in [0.2, 0.25) is 11.6 Å². The van der Waals surface area contributed by atoms with Crippen LogP contribution in [0.2, 0.25) is 0 Å². The van der Waals surface area contributed by atoms with Crippen molar-refractivity contribution in [2.75, 3.05) is 26.2 Å². The molecule has 7 nitrogen and oxygen atoms in total. The van der Waals surface area contributed by atoms with Crippen LogP contribution in [-0.4, -0.2) is 53.6 Å². The smallest absolute Gasteiger partial charge is 0.410 e. The number of ether oxygens (including phenoxy) is 1. The van der Waals surface area contributed by atoms with Crippen LogP contribution in [0.3, 0.4) is 0 Å². The molecule has 0 aromatic heterocycles. The quantitative estimate of drug-likeness (QED) is 0.737. The van der Waals surface area contributed by atoms with Crippen molar-refractivity contribution in [3.05, 3.63) is 35.9 Å². The van der Waals surface area contributed by atoms with Crippen LogP contribution in [0.1, 0.15) is 24.8 Å². The van der Waals surface area contributed by atoms with E-state index in [1.807, 2.05) is 30.3 Å². The average Bonchev–Trinajstić information content (AvgIpc) is 3.45. The minimum absolute atomic E-state index is 0.00400.